The van der Waals surface area contributed by atoms with E-state index in [1.54, 1.807) is 0 Å². The van der Waals surface area contributed by atoms with E-state index in [4.69, 9.17) is 9.47 Å². The molecule has 1 aliphatic heterocycles. The number of carbonyl (C=O) groups is 1. The number of aliphatic carboxylic acids is 1. The topological polar surface area (TPSA) is 157 Å². The number of aliphatic hydroxyl groups is 5. The molecule has 0 aromatic rings. The van der Waals surface area contributed by atoms with Gasteiger partial charge in [0, 0.05) is 0 Å². The van der Waals surface area contributed by atoms with Crippen LogP contribution in [0.1, 0.15) is 106 Å². The van der Waals surface area contributed by atoms with Gasteiger partial charge in [-0.2, -0.15) is 0 Å². The summed E-state index contributed by atoms with van der Waals surface area (Å²) in [4.78, 5) is 12.9. The van der Waals surface area contributed by atoms with Crippen molar-refractivity contribution in [1.82, 2.24) is 0 Å². The van der Waals surface area contributed by atoms with Crippen LogP contribution in [-0.4, -0.2) is 86.1 Å². The first-order valence-corrected chi connectivity index (χ1v) is 17.6. The Balaban J connectivity index is 1.58. The zero-order chi connectivity index (χ0) is 34.1. The van der Waals surface area contributed by atoms with Crippen molar-refractivity contribution in [3.63, 3.8) is 0 Å². The molecule has 0 bridgehead atoms. The molecule has 2 saturated carbocycles. The summed E-state index contributed by atoms with van der Waals surface area (Å²) in [6, 6.07) is 0. The quantitative estimate of drug-likeness (QED) is 0.197. The van der Waals surface area contributed by atoms with Crippen molar-refractivity contribution in [1.29, 1.82) is 0 Å². The lowest BCUT2D eigenvalue weighted by Crippen LogP contribution is -2.62. The van der Waals surface area contributed by atoms with E-state index in [1.165, 1.54) is 11.1 Å². The van der Waals surface area contributed by atoms with Gasteiger partial charge in [0.15, 0.2) is 6.29 Å². The van der Waals surface area contributed by atoms with Crippen molar-refractivity contribution < 1.29 is 44.9 Å². The number of carboxylic acid groups (broad SMARTS) is 1. The zero-order valence-electron chi connectivity index (χ0n) is 29.0. The Morgan fingerprint density at radius 1 is 1.00 bits per heavy atom. The van der Waals surface area contributed by atoms with E-state index in [1.807, 2.05) is 0 Å². The number of hydrogen-bond donors (Lipinski definition) is 6. The first-order chi connectivity index (χ1) is 21.3. The Labute approximate surface area is 275 Å². The summed E-state index contributed by atoms with van der Waals surface area (Å²) in [5.74, 6) is -0.913. The second-order valence-electron chi connectivity index (χ2n) is 17.0. The minimum absolute atomic E-state index is 0.0351. The highest BCUT2D eigenvalue weighted by molar-refractivity contribution is 5.71. The number of allylic oxidation sites excluding steroid dienone is 2. The molecule has 9 nitrogen and oxygen atoms in total. The molecule has 0 aromatic carbocycles. The SMILES string of the molecule is C=C(CC[C@@H](C(=O)O)[C@H]1CC[C@@]2(C)C3=C(CC[C@]12C)[C@@]1(C)CC[C@H](O)C(C)(C)[C@H]1C[C@@H]3O[C@@H]1O[C@H](CO)[C@@H](O)[C@H](O)[C@H]1O)C(C)C. The Morgan fingerprint density at radius 3 is 2.28 bits per heavy atom. The van der Waals surface area contributed by atoms with E-state index < -0.39 is 66.8 Å². The van der Waals surface area contributed by atoms with Crippen LogP contribution < -0.4 is 0 Å². The van der Waals surface area contributed by atoms with Gasteiger partial charge in [0.2, 0.25) is 0 Å². The van der Waals surface area contributed by atoms with Gasteiger partial charge in [-0.1, -0.05) is 66.2 Å². The number of rotatable bonds is 9. The predicted molar refractivity (Wildman–Crippen MR) is 173 cm³/mol. The van der Waals surface area contributed by atoms with Crippen LogP contribution in [0, 0.1) is 45.3 Å². The van der Waals surface area contributed by atoms with Crippen molar-refractivity contribution in [2.24, 2.45) is 45.3 Å². The number of aliphatic hydroxyl groups excluding tert-OH is 5. The fraction of sp³-hybridized carbons (Fsp3) is 0.865. The molecule has 0 amide bonds. The first kappa shape index (κ1) is 36.0. The number of carboxylic acids is 1. The highest BCUT2D eigenvalue weighted by Crippen LogP contribution is 2.73. The number of ether oxygens (including phenoxy) is 2. The first-order valence-electron chi connectivity index (χ1n) is 17.6. The highest BCUT2D eigenvalue weighted by atomic mass is 16.7. The van der Waals surface area contributed by atoms with Gasteiger partial charge in [0.1, 0.15) is 24.4 Å². The lowest BCUT2D eigenvalue weighted by molar-refractivity contribution is -0.313. The summed E-state index contributed by atoms with van der Waals surface area (Å²) in [5, 5.41) is 63.7. The van der Waals surface area contributed by atoms with Crippen LogP contribution in [0.25, 0.3) is 0 Å². The molecule has 46 heavy (non-hydrogen) atoms. The summed E-state index contributed by atoms with van der Waals surface area (Å²) < 4.78 is 12.6. The Morgan fingerprint density at radius 2 is 1.67 bits per heavy atom. The molecular formula is C37H60O9. The third kappa shape index (κ3) is 5.44. The van der Waals surface area contributed by atoms with Gasteiger partial charge in [-0.25, -0.2) is 0 Å². The lowest BCUT2D eigenvalue weighted by Gasteiger charge is -2.63. The third-order valence-electron chi connectivity index (χ3n) is 14.3. The van der Waals surface area contributed by atoms with Crippen molar-refractivity contribution in [3.8, 4) is 0 Å². The molecule has 1 saturated heterocycles. The van der Waals surface area contributed by atoms with Gasteiger partial charge >= 0.3 is 5.97 Å². The minimum atomic E-state index is -1.55. The minimum Gasteiger partial charge on any atom is -0.481 e. The van der Waals surface area contributed by atoms with Gasteiger partial charge in [-0.05, 0) is 103 Å². The van der Waals surface area contributed by atoms with E-state index in [0.717, 1.165) is 37.7 Å². The van der Waals surface area contributed by atoms with Crippen molar-refractivity contribution in [2.75, 3.05) is 6.61 Å². The fourth-order valence-electron chi connectivity index (χ4n) is 10.9. The van der Waals surface area contributed by atoms with Crippen molar-refractivity contribution in [3.05, 3.63) is 23.3 Å². The van der Waals surface area contributed by atoms with E-state index >= 15 is 0 Å². The van der Waals surface area contributed by atoms with Gasteiger partial charge in [0.25, 0.3) is 0 Å². The summed E-state index contributed by atoms with van der Waals surface area (Å²) in [6.07, 6.45) is -1.30. The Hall–Kier alpha value is -1.33. The van der Waals surface area contributed by atoms with Crippen molar-refractivity contribution >= 4 is 5.97 Å². The molecule has 0 radical (unpaired) electrons. The molecule has 0 spiro atoms. The van der Waals surface area contributed by atoms with E-state index in [2.05, 4.69) is 55.0 Å². The Kier molecular flexibility index (Phi) is 9.79. The van der Waals surface area contributed by atoms with Gasteiger partial charge < -0.3 is 40.1 Å². The van der Waals surface area contributed by atoms with Crippen LogP contribution in [0.3, 0.4) is 0 Å². The van der Waals surface area contributed by atoms with Crippen LogP contribution in [-0.2, 0) is 14.3 Å². The summed E-state index contributed by atoms with van der Waals surface area (Å²) in [6.45, 7) is 19.0. The second-order valence-corrected chi connectivity index (χ2v) is 17.0. The van der Waals surface area contributed by atoms with E-state index in [-0.39, 0.29) is 28.1 Å². The molecule has 3 fully saturated rings. The molecule has 1 heterocycles. The average Bonchev–Trinajstić information content (AvgIpc) is 3.26. The molecule has 0 aromatic heterocycles. The molecule has 4 aliphatic carbocycles. The van der Waals surface area contributed by atoms with Crippen molar-refractivity contribution in [2.45, 2.75) is 149 Å². The Bertz CT molecular complexity index is 1210. The predicted octanol–water partition coefficient (Wildman–Crippen LogP) is 4.58. The fourth-order valence-corrected chi connectivity index (χ4v) is 10.9. The van der Waals surface area contributed by atoms with Crippen LogP contribution in [0.4, 0.5) is 0 Å². The zero-order valence-corrected chi connectivity index (χ0v) is 29.0. The van der Waals surface area contributed by atoms with Gasteiger partial charge in [-0.15, -0.1) is 0 Å². The van der Waals surface area contributed by atoms with E-state index in [0.29, 0.717) is 31.6 Å². The molecule has 262 valence electrons. The summed E-state index contributed by atoms with van der Waals surface area (Å²) in [7, 11) is 0. The number of hydrogen-bond acceptors (Lipinski definition) is 8. The van der Waals surface area contributed by atoms with Crippen LogP contribution in [0.5, 0.6) is 0 Å². The van der Waals surface area contributed by atoms with Crippen LogP contribution in [0.15, 0.2) is 23.3 Å². The maximum absolute atomic E-state index is 12.9. The lowest BCUT2D eigenvalue weighted by atomic mass is 9.42. The number of fused-ring (bicyclic) bond motifs is 4. The molecular weight excluding hydrogens is 588 g/mol. The van der Waals surface area contributed by atoms with E-state index in [9.17, 15) is 35.4 Å². The molecule has 5 aliphatic rings. The highest BCUT2D eigenvalue weighted by Gasteiger charge is 2.66. The molecule has 6 N–H and O–H groups in total. The molecule has 5 rings (SSSR count). The third-order valence-corrected chi connectivity index (χ3v) is 14.3. The van der Waals surface area contributed by atoms with Gasteiger partial charge in [0.05, 0.1) is 24.7 Å². The van der Waals surface area contributed by atoms with Crippen LogP contribution in [0.2, 0.25) is 0 Å². The summed E-state index contributed by atoms with van der Waals surface area (Å²) >= 11 is 0. The maximum Gasteiger partial charge on any atom is 0.306 e. The summed E-state index contributed by atoms with van der Waals surface area (Å²) in [5.41, 5.74) is 2.28. The van der Waals surface area contributed by atoms with Crippen LogP contribution >= 0.6 is 0 Å². The second kappa shape index (κ2) is 12.5. The molecule has 13 atom stereocenters. The van der Waals surface area contributed by atoms with Gasteiger partial charge in [-0.3, -0.25) is 4.79 Å². The normalized spacial score (nSPS) is 46.0. The largest absolute Gasteiger partial charge is 0.481 e. The average molecular weight is 649 g/mol. The molecule has 9 heteroatoms. The standard InChI is InChI=1S/C37H60O9/c1-19(2)20(3)9-10-21(32(43)44)22-11-16-37(8)28-23(12-15-36(22,37)7)35(6)14-13-27(39)34(4,5)26(35)17-24(28)45-33-31(42)30(41)29(40)25(18-38)46-33/h19,21-22,24-27,29-31,33,38-42H,3,9-18H2,1-2,4-8H3,(H,43,44)/t21-,22-,24+,25-,26-,27+,29-,30+,31-,33-,35-,36-,37+/m1/s1. The monoisotopic (exact) mass is 648 g/mol. The smallest absolute Gasteiger partial charge is 0.306 e. The molecule has 0 unspecified atom stereocenters. The maximum atomic E-state index is 12.9.